The first-order valence-electron chi connectivity index (χ1n) is 7.40. The summed E-state index contributed by atoms with van der Waals surface area (Å²) >= 11 is 5.95. The molecule has 0 bridgehead atoms. The molecule has 0 radical (unpaired) electrons. The minimum absolute atomic E-state index is 0.806. The van der Waals surface area contributed by atoms with E-state index in [0.717, 1.165) is 17.9 Å². The molecule has 0 saturated carbocycles. The Morgan fingerprint density at radius 1 is 1.00 bits per heavy atom. The van der Waals surface area contributed by atoms with E-state index in [0.29, 0.717) is 0 Å². The molecular formula is C18H27ClN2. The van der Waals surface area contributed by atoms with E-state index in [9.17, 15) is 0 Å². The van der Waals surface area contributed by atoms with Crippen molar-refractivity contribution in [3.63, 3.8) is 0 Å². The largest absolute Gasteiger partial charge is 0.333 e. The quantitative estimate of drug-likeness (QED) is 0.889. The number of nitrogens with zero attached hydrogens (tertiary/aromatic N) is 1. The molecule has 0 amide bonds. The summed E-state index contributed by atoms with van der Waals surface area (Å²) in [6.07, 6.45) is 3.85. The van der Waals surface area contributed by atoms with Crippen molar-refractivity contribution in [2.75, 3.05) is 7.05 Å². The van der Waals surface area contributed by atoms with Crippen LogP contribution in [0.3, 0.4) is 0 Å². The van der Waals surface area contributed by atoms with Crippen LogP contribution in [0.4, 0.5) is 0 Å². The van der Waals surface area contributed by atoms with E-state index >= 15 is 0 Å². The van der Waals surface area contributed by atoms with Gasteiger partial charge in [-0.3, -0.25) is 4.98 Å². The molecule has 0 saturated heterocycles. The molecule has 0 atom stereocenters. The van der Waals surface area contributed by atoms with Gasteiger partial charge in [0.05, 0.1) is 0 Å². The van der Waals surface area contributed by atoms with E-state index in [1.807, 2.05) is 38.2 Å². The minimum Gasteiger partial charge on any atom is -0.333 e. The molecule has 2 nitrogen and oxygen atoms in total. The second-order valence-corrected chi connectivity index (χ2v) is 4.77. The molecule has 0 aliphatic heterocycles. The highest BCUT2D eigenvalue weighted by Gasteiger charge is 2.03. The smallest absolute Gasteiger partial charge is 0.0436 e. The molecule has 0 fully saturated rings. The maximum absolute atomic E-state index is 5.95. The molecule has 2 aromatic rings. The fourth-order valence-electron chi connectivity index (χ4n) is 1.97. The molecule has 116 valence electrons. The van der Waals surface area contributed by atoms with Gasteiger partial charge in [0.15, 0.2) is 0 Å². The summed E-state index contributed by atoms with van der Waals surface area (Å²) < 4.78 is 0. The number of halogens is 1. The number of pyridine rings is 1. The van der Waals surface area contributed by atoms with Crippen LogP contribution in [0, 0.1) is 13.8 Å². The Kier molecular flexibility index (Phi) is 10.6. The Labute approximate surface area is 134 Å². The lowest BCUT2D eigenvalue weighted by molar-refractivity contribution is 0.894. The third-order valence-electron chi connectivity index (χ3n) is 3.05. The van der Waals surface area contributed by atoms with Crippen LogP contribution in [0.1, 0.15) is 36.2 Å². The van der Waals surface area contributed by atoms with E-state index in [2.05, 4.69) is 36.7 Å². The van der Waals surface area contributed by atoms with Crippen LogP contribution in [0.2, 0.25) is 5.02 Å². The Morgan fingerprint density at radius 2 is 1.67 bits per heavy atom. The second kappa shape index (κ2) is 11.3. The van der Waals surface area contributed by atoms with E-state index in [4.69, 9.17) is 11.6 Å². The summed E-state index contributed by atoms with van der Waals surface area (Å²) in [6, 6.07) is 10.2. The summed E-state index contributed by atoms with van der Waals surface area (Å²) in [4.78, 5) is 4.41. The number of nitrogens with two attached hydrogens (primary N) is 1. The van der Waals surface area contributed by atoms with Crippen LogP contribution in [-0.2, 0) is 12.8 Å². The van der Waals surface area contributed by atoms with Gasteiger partial charge in [0.2, 0.25) is 0 Å². The van der Waals surface area contributed by atoms with Crippen LogP contribution in [0.15, 0.2) is 36.5 Å². The lowest BCUT2D eigenvalue weighted by atomic mass is 10.0. The van der Waals surface area contributed by atoms with Gasteiger partial charge in [0.25, 0.3) is 0 Å². The van der Waals surface area contributed by atoms with E-state index in [1.54, 1.807) is 0 Å². The number of aryl methyl sites for hydroxylation is 4. The lowest BCUT2D eigenvalue weighted by Gasteiger charge is -2.07. The average Bonchev–Trinajstić information content (AvgIpc) is 2.52. The lowest BCUT2D eigenvalue weighted by Crippen LogP contribution is -1.98. The van der Waals surface area contributed by atoms with Crippen molar-refractivity contribution in [1.29, 1.82) is 0 Å². The number of aromatic nitrogens is 1. The third-order valence-corrected chi connectivity index (χ3v) is 3.29. The monoisotopic (exact) mass is 306 g/mol. The van der Waals surface area contributed by atoms with Gasteiger partial charge in [-0.1, -0.05) is 37.6 Å². The molecule has 0 spiro atoms. The third kappa shape index (κ3) is 6.74. The molecule has 0 unspecified atom stereocenters. The van der Waals surface area contributed by atoms with Gasteiger partial charge in [-0.15, -0.1) is 0 Å². The van der Waals surface area contributed by atoms with Crippen molar-refractivity contribution in [2.45, 2.75) is 40.5 Å². The van der Waals surface area contributed by atoms with Crippen molar-refractivity contribution in [3.8, 4) is 0 Å². The first kappa shape index (κ1) is 19.6. The Balaban J connectivity index is 0.000000921. The van der Waals surface area contributed by atoms with Gasteiger partial charge in [-0.2, -0.15) is 0 Å². The summed E-state index contributed by atoms with van der Waals surface area (Å²) in [7, 11) is 1.50. The van der Waals surface area contributed by atoms with Crippen molar-refractivity contribution in [1.82, 2.24) is 4.98 Å². The fourth-order valence-corrected chi connectivity index (χ4v) is 2.20. The van der Waals surface area contributed by atoms with Crippen LogP contribution >= 0.6 is 11.6 Å². The van der Waals surface area contributed by atoms with Crippen molar-refractivity contribution >= 4 is 11.6 Å². The van der Waals surface area contributed by atoms with Gasteiger partial charge in [-0.25, -0.2) is 0 Å². The second-order valence-electron chi connectivity index (χ2n) is 4.34. The number of hydrogen-bond donors (Lipinski definition) is 1. The first-order chi connectivity index (χ1) is 10.2. The average molecular weight is 307 g/mol. The topological polar surface area (TPSA) is 38.9 Å². The summed E-state index contributed by atoms with van der Waals surface area (Å²) in [5.74, 6) is 0. The summed E-state index contributed by atoms with van der Waals surface area (Å²) in [5, 5.41) is 0.806. The molecule has 2 rings (SSSR count). The zero-order chi connectivity index (χ0) is 16.3. The molecule has 1 aromatic heterocycles. The predicted octanol–water partition coefficient (Wildman–Crippen LogP) is 4.74. The van der Waals surface area contributed by atoms with Gasteiger partial charge in [-0.05, 0) is 68.6 Å². The molecule has 1 heterocycles. The number of benzene rings is 1. The normalized spacial score (nSPS) is 9.10. The fraction of sp³-hybridized carbons (Fsp3) is 0.389. The van der Waals surface area contributed by atoms with Crippen molar-refractivity contribution < 1.29 is 0 Å². The van der Waals surface area contributed by atoms with Crippen LogP contribution in [0.25, 0.3) is 0 Å². The van der Waals surface area contributed by atoms with Crippen LogP contribution < -0.4 is 5.73 Å². The maximum atomic E-state index is 5.95. The van der Waals surface area contributed by atoms with Crippen molar-refractivity contribution in [2.24, 2.45) is 5.73 Å². The standard InChI is InChI=1S/C15H16ClN.C2H6.CH5N/c1-11-4-3-9-17-15(11)8-6-13-5-7-14(16)10-12(13)2;2*1-2/h3-5,7,9-10H,6,8H2,1-2H3;1-2H3;2H2,1H3. The van der Waals surface area contributed by atoms with E-state index < -0.39 is 0 Å². The van der Waals surface area contributed by atoms with Gasteiger partial charge in [0.1, 0.15) is 0 Å². The number of rotatable bonds is 3. The van der Waals surface area contributed by atoms with Crippen LogP contribution in [-0.4, -0.2) is 12.0 Å². The Morgan fingerprint density at radius 3 is 2.24 bits per heavy atom. The van der Waals surface area contributed by atoms with Gasteiger partial charge >= 0.3 is 0 Å². The summed E-state index contributed by atoms with van der Waals surface area (Å²) in [6.45, 7) is 8.21. The summed E-state index contributed by atoms with van der Waals surface area (Å²) in [5.41, 5.74) is 9.55. The zero-order valence-corrected chi connectivity index (χ0v) is 14.5. The highest BCUT2D eigenvalue weighted by atomic mass is 35.5. The molecule has 2 N–H and O–H groups in total. The maximum Gasteiger partial charge on any atom is 0.0436 e. The highest BCUT2D eigenvalue weighted by Crippen LogP contribution is 2.17. The first-order valence-corrected chi connectivity index (χ1v) is 7.78. The predicted molar refractivity (Wildman–Crippen MR) is 94.0 cm³/mol. The molecule has 21 heavy (non-hydrogen) atoms. The SMILES string of the molecule is CC.CN.Cc1cc(Cl)ccc1CCc1ncccc1C. The Hall–Kier alpha value is -1.38. The van der Waals surface area contributed by atoms with E-state index in [1.165, 1.54) is 29.4 Å². The zero-order valence-electron chi connectivity index (χ0n) is 13.8. The van der Waals surface area contributed by atoms with E-state index in [-0.39, 0.29) is 0 Å². The van der Waals surface area contributed by atoms with Crippen molar-refractivity contribution in [3.05, 3.63) is 63.9 Å². The molecule has 3 heteroatoms. The molecule has 0 aliphatic carbocycles. The molecular weight excluding hydrogens is 280 g/mol. The molecule has 0 aliphatic rings. The minimum atomic E-state index is 0.806. The highest BCUT2D eigenvalue weighted by molar-refractivity contribution is 6.30. The van der Waals surface area contributed by atoms with Crippen LogP contribution in [0.5, 0.6) is 0 Å². The Bertz CT molecular complexity index is 524. The van der Waals surface area contributed by atoms with Gasteiger partial charge in [0, 0.05) is 16.9 Å². The number of hydrogen-bond acceptors (Lipinski definition) is 2. The molecule has 1 aromatic carbocycles. The van der Waals surface area contributed by atoms with Gasteiger partial charge < -0.3 is 5.73 Å².